The van der Waals surface area contributed by atoms with Gasteiger partial charge in [-0.3, -0.25) is 24.5 Å². The summed E-state index contributed by atoms with van der Waals surface area (Å²) in [5, 5.41) is 2.66. The molecular formula is C41H51N5O7Si. The van der Waals surface area contributed by atoms with Crippen LogP contribution in [0.25, 0.3) is 33.4 Å². The second-order valence-corrected chi connectivity index (χ2v) is 20.2. The maximum absolute atomic E-state index is 13.0. The SMILES string of the molecule is COc1ccc(-c2cccc(COC[C@H]3O[C@@H](n4cnc5c(=O)[nH]c(NC(=O)C(C)C)nc54)C[C@H]3O[Si](C)(C)C(C)(C)C)c2-c2ccc(OC)cc2)cc1. The Bertz CT molecular complexity index is 2140. The van der Waals surface area contributed by atoms with Crippen molar-refractivity contribution in [1.82, 2.24) is 19.5 Å². The normalized spacial score (nSPS) is 17.6. The standard InChI is InChI=1S/C41H51N5O7Si/c1-25(2)38(47)44-40-43-37-36(39(48)45-40)42-24-46(37)34-21-32(53-54(8,9)41(3,4)5)33(52-34)23-51-22-28-11-10-12-31(26-13-17-29(49-6)18-14-26)35(28)27-15-19-30(50-7)20-16-27/h10-20,24-25,32-34H,21-23H2,1-9H3,(H2,43,44,45,47,48)/t32-,33-,34-/m1/s1. The minimum atomic E-state index is -2.24. The van der Waals surface area contributed by atoms with E-state index < -0.39 is 26.2 Å². The van der Waals surface area contributed by atoms with Crippen molar-refractivity contribution in [3.63, 3.8) is 0 Å². The predicted octanol–water partition coefficient (Wildman–Crippen LogP) is 7.96. The van der Waals surface area contributed by atoms with Crippen molar-refractivity contribution in [2.45, 2.75) is 84.2 Å². The van der Waals surface area contributed by atoms with Crippen molar-refractivity contribution in [2.24, 2.45) is 5.92 Å². The van der Waals surface area contributed by atoms with E-state index in [2.05, 4.69) is 90.5 Å². The van der Waals surface area contributed by atoms with Gasteiger partial charge in [0.05, 0.1) is 39.9 Å². The largest absolute Gasteiger partial charge is 0.497 e. The summed E-state index contributed by atoms with van der Waals surface area (Å²) in [6.07, 6.45) is 0.817. The first kappa shape index (κ1) is 38.9. The topological polar surface area (TPSA) is 139 Å². The van der Waals surface area contributed by atoms with Crippen LogP contribution in [-0.2, 0) is 25.3 Å². The van der Waals surface area contributed by atoms with Crippen LogP contribution in [0.1, 0.15) is 52.8 Å². The van der Waals surface area contributed by atoms with E-state index in [1.807, 2.05) is 30.3 Å². The Balaban J connectivity index is 1.29. The Kier molecular flexibility index (Phi) is 11.4. The number of hydrogen-bond acceptors (Lipinski definition) is 9. The molecule has 0 aliphatic carbocycles. The molecular weight excluding hydrogens is 703 g/mol. The van der Waals surface area contributed by atoms with Gasteiger partial charge in [0.25, 0.3) is 5.56 Å². The van der Waals surface area contributed by atoms with Crippen LogP contribution in [0.15, 0.2) is 77.9 Å². The third kappa shape index (κ3) is 8.29. The molecule has 12 nitrogen and oxygen atoms in total. The van der Waals surface area contributed by atoms with Gasteiger partial charge in [0, 0.05) is 12.3 Å². The van der Waals surface area contributed by atoms with E-state index >= 15 is 0 Å². The number of carbonyl (C=O) groups is 1. The van der Waals surface area contributed by atoms with Gasteiger partial charge in [-0.25, -0.2) is 4.98 Å². The number of ether oxygens (including phenoxy) is 4. The van der Waals surface area contributed by atoms with Crippen LogP contribution in [0.5, 0.6) is 11.5 Å². The number of imidazole rings is 1. The first-order valence-corrected chi connectivity index (χ1v) is 21.2. The highest BCUT2D eigenvalue weighted by Crippen LogP contribution is 2.42. The molecule has 3 heterocycles. The zero-order valence-corrected chi connectivity index (χ0v) is 33.6. The molecule has 13 heteroatoms. The molecule has 1 aliphatic heterocycles. The molecule has 6 rings (SSSR count). The summed E-state index contributed by atoms with van der Waals surface area (Å²) < 4.78 is 32.9. The number of rotatable bonds is 13. The number of nitrogens with zero attached hydrogens (tertiary/aromatic N) is 3. The van der Waals surface area contributed by atoms with Crippen LogP contribution in [0, 0.1) is 5.92 Å². The van der Waals surface area contributed by atoms with E-state index in [0.29, 0.717) is 18.7 Å². The van der Waals surface area contributed by atoms with Gasteiger partial charge in [-0.05, 0) is 70.2 Å². The summed E-state index contributed by atoms with van der Waals surface area (Å²) in [4.78, 5) is 37.0. The third-order valence-corrected chi connectivity index (χ3v) is 14.9. The zero-order chi connectivity index (χ0) is 38.8. The fourth-order valence-electron chi connectivity index (χ4n) is 6.27. The van der Waals surface area contributed by atoms with E-state index in [1.54, 1.807) is 39.0 Å². The van der Waals surface area contributed by atoms with E-state index in [0.717, 1.165) is 39.3 Å². The summed E-state index contributed by atoms with van der Waals surface area (Å²) in [5.41, 5.74) is 5.26. The summed E-state index contributed by atoms with van der Waals surface area (Å²) in [6, 6.07) is 22.3. The lowest BCUT2D eigenvalue weighted by atomic mass is 9.90. The number of hydrogen-bond donors (Lipinski definition) is 2. The average molecular weight is 754 g/mol. The van der Waals surface area contributed by atoms with Crippen LogP contribution in [-0.4, -0.2) is 66.8 Å². The van der Waals surface area contributed by atoms with Crippen LogP contribution in [0.3, 0.4) is 0 Å². The Hall–Kier alpha value is -4.82. The van der Waals surface area contributed by atoms with Crippen LogP contribution < -0.4 is 20.3 Å². The van der Waals surface area contributed by atoms with E-state index in [9.17, 15) is 9.59 Å². The quantitative estimate of drug-likeness (QED) is 0.115. The lowest BCUT2D eigenvalue weighted by molar-refractivity contribution is -0.118. The number of nitrogens with one attached hydrogen (secondary N) is 2. The Labute approximate surface area is 317 Å². The molecule has 0 saturated carbocycles. The predicted molar refractivity (Wildman–Crippen MR) is 212 cm³/mol. The van der Waals surface area contributed by atoms with Gasteiger partial charge in [0.1, 0.15) is 23.8 Å². The van der Waals surface area contributed by atoms with Crippen LogP contribution in [0.2, 0.25) is 18.1 Å². The second-order valence-electron chi connectivity index (χ2n) is 15.5. The number of carbonyl (C=O) groups excluding carboxylic acids is 1. The zero-order valence-electron chi connectivity index (χ0n) is 32.6. The molecule has 0 unspecified atom stereocenters. The number of aromatic amines is 1. The molecule has 1 saturated heterocycles. The first-order chi connectivity index (χ1) is 25.7. The van der Waals surface area contributed by atoms with Gasteiger partial charge in [0.15, 0.2) is 19.5 Å². The molecule has 1 amide bonds. The summed E-state index contributed by atoms with van der Waals surface area (Å²) in [6.45, 7) is 15.2. The van der Waals surface area contributed by atoms with Gasteiger partial charge in [-0.2, -0.15) is 4.98 Å². The van der Waals surface area contributed by atoms with Gasteiger partial charge >= 0.3 is 0 Å². The summed E-state index contributed by atoms with van der Waals surface area (Å²) >= 11 is 0. The van der Waals surface area contributed by atoms with Crippen molar-refractivity contribution in [3.8, 4) is 33.8 Å². The minimum absolute atomic E-state index is 0.0360. The lowest BCUT2D eigenvalue weighted by Gasteiger charge is -2.39. The molecule has 0 radical (unpaired) electrons. The van der Waals surface area contributed by atoms with Gasteiger partial charge in [0.2, 0.25) is 11.9 Å². The minimum Gasteiger partial charge on any atom is -0.497 e. The van der Waals surface area contributed by atoms with Gasteiger partial charge in [-0.1, -0.05) is 77.1 Å². The molecule has 2 N–H and O–H groups in total. The highest BCUT2D eigenvalue weighted by molar-refractivity contribution is 6.74. The highest BCUT2D eigenvalue weighted by Gasteiger charge is 2.45. The molecule has 286 valence electrons. The van der Waals surface area contributed by atoms with Crippen LogP contribution >= 0.6 is 0 Å². The molecule has 54 heavy (non-hydrogen) atoms. The fraction of sp³-hybridized carbons (Fsp3) is 0.415. The molecule has 0 spiro atoms. The summed E-state index contributed by atoms with van der Waals surface area (Å²) in [7, 11) is 1.08. The summed E-state index contributed by atoms with van der Waals surface area (Å²) in [5.74, 6) is 1.08. The Morgan fingerprint density at radius 1 is 1.00 bits per heavy atom. The van der Waals surface area contributed by atoms with Gasteiger partial charge in [-0.15, -0.1) is 0 Å². The maximum Gasteiger partial charge on any atom is 0.280 e. The second kappa shape index (κ2) is 15.9. The van der Waals surface area contributed by atoms with Crippen molar-refractivity contribution >= 4 is 31.3 Å². The number of H-pyrrole nitrogens is 1. The molecule has 0 bridgehead atoms. The highest BCUT2D eigenvalue weighted by atomic mass is 28.4. The van der Waals surface area contributed by atoms with E-state index in [4.69, 9.17) is 23.4 Å². The van der Waals surface area contributed by atoms with Gasteiger partial charge < -0.3 is 23.4 Å². The molecule has 3 atom stereocenters. The Morgan fingerprint density at radius 3 is 2.26 bits per heavy atom. The number of aromatic nitrogens is 4. The average Bonchev–Trinajstić information content (AvgIpc) is 3.75. The number of benzene rings is 3. The van der Waals surface area contributed by atoms with Crippen molar-refractivity contribution in [2.75, 3.05) is 26.1 Å². The number of fused-ring (bicyclic) bond motifs is 1. The monoisotopic (exact) mass is 753 g/mol. The maximum atomic E-state index is 13.0. The molecule has 5 aromatic rings. The third-order valence-electron chi connectivity index (χ3n) is 10.4. The van der Waals surface area contributed by atoms with E-state index in [-0.39, 0.29) is 41.0 Å². The van der Waals surface area contributed by atoms with Crippen LogP contribution in [0.4, 0.5) is 5.95 Å². The first-order valence-electron chi connectivity index (χ1n) is 18.3. The smallest absolute Gasteiger partial charge is 0.280 e. The molecule has 2 aromatic heterocycles. The molecule has 3 aromatic carbocycles. The number of methoxy groups -OCH3 is 2. The van der Waals surface area contributed by atoms with E-state index in [1.165, 1.54) is 0 Å². The molecule has 1 fully saturated rings. The fourth-order valence-corrected chi connectivity index (χ4v) is 7.63. The van der Waals surface area contributed by atoms with Crippen molar-refractivity contribution < 1.29 is 28.2 Å². The number of anilines is 1. The van der Waals surface area contributed by atoms with Crippen molar-refractivity contribution in [3.05, 3.63) is 89.0 Å². The Morgan fingerprint density at radius 2 is 1.65 bits per heavy atom. The number of amides is 1. The lowest BCUT2D eigenvalue weighted by Crippen LogP contribution is -2.46. The molecule has 1 aliphatic rings. The van der Waals surface area contributed by atoms with Crippen molar-refractivity contribution in [1.29, 1.82) is 0 Å².